The van der Waals surface area contributed by atoms with Crippen molar-refractivity contribution in [1.82, 2.24) is 4.90 Å². The first kappa shape index (κ1) is 10.3. The molecule has 1 saturated heterocycles. The number of likely N-dealkylation sites (tertiary alicyclic amines) is 1. The molecule has 0 aromatic heterocycles. The summed E-state index contributed by atoms with van der Waals surface area (Å²) in [6.45, 7) is 4.53. The molecular formula is C10H17NO2. The molecule has 1 aliphatic heterocycles. The molecule has 13 heavy (non-hydrogen) atoms. The third-order valence-corrected chi connectivity index (χ3v) is 2.25. The van der Waals surface area contributed by atoms with Crippen LogP contribution >= 0.6 is 0 Å². The summed E-state index contributed by atoms with van der Waals surface area (Å²) in [5.74, 6) is 0.302. The summed E-state index contributed by atoms with van der Waals surface area (Å²) in [5, 5.41) is 0. The lowest BCUT2D eigenvalue weighted by Crippen LogP contribution is -2.18. The molecular weight excluding hydrogens is 166 g/mol. The molecule has 0 aromatic rings. The number of allylic oxidation sites excluding steroid dienone is 1. The van der Waals surface area contributed by atoms with Crippen molar-refractivity contribution in [1.29, 1.82) is 0 Å². The van der Waals surface area contributed by atoms with Crippen LogP contribution in [0.25, 0.3) is 0 Å². The van der Waals surface area contributed by atoms with Gasteiger partial charge in [-0.3, -0.25) is 0 Å². The quantitative estimate of drug-likeness (QED) is 0.484. The summed E-state index contributed by atoms with van der Waals surface area (Å²) in [6.07, 6.45) is 4.29. The van der Waals surface area contributed by atoms with Crippen LogP contribution in [0.4, 0.5) is 0 Å². The molecule has 0 bridgehead atoms. The van der Waals surface area contributed by atoms with Gasteiger partial charge in [-0.1, -0.05) is 6.08 Å². The van der Waals surface area contributed by atoms with E-state index < -0.39 is 0 Å². The fourth-order valence-electron chi connectivity index (χ4n) is 1.55. The van der Waals surface area contributed by atoms with Gasteiger partial charge in [0, 0.05) is 18.5 Å². The molecule has 0 N–H and O–H groups in total. The third-order valence-electron chi connectivity index (χ3n) is 2.25. The fourth-order valence-corrected chi connectivity index (χ4v) is 1.55. The van der Waals surface area contributed by atoms with Crippen LogP contribution < -0.4 is 0 Å². The highest BCUT2D eigenvalue weighted by atomic mass is 16.5. The zero-order valence-corrected chi connectivity index (χ0v) is 8.32. The smallest absolute Gasteiger partial charge is 0.330 e. The highest BCUT2D eigenvalue weighted by molar-refractivity contribution is 5.81. The number of rotatable bonds is 3. The molecule has 0 radical (unpaired) electrons. The first-order chi connectivity index (χ1) is 6.22. The van der Waals surface area contributed by atoms with Crippen molar-refractivity contribution in [2.45, 2.75) is 13.3 Å². The Bertz CT molecular complexity index is 201. The minimum absolute atomic E-state index is 0.225. The van der Waals surface area contributed by atoms with E-state index >= 15 is 0 Å². The van der Waals surface area contributed by atoms with Crippen LogP contribution in [-0.4, -0.2) is 37.6 Å². The lowest BCUT2D eigenvalue weighted by molar-refractivity contribution is -0.138. The summed E-state index contributed by atoms with van der Waals surface area (Å²) in [7, 11) is 2.09. The SMILES string of the molecule is CC=CC(=O)OCC1CCN(C)C1. The Morgan fingerprint density at radius 1 is 1.69 bits per heavy atom. The second-order valence-electron chi connectivity index (χ2n) is 3.55. The average molecular weight is 183 g/mol. The number of ether oxygens (including phenoxy) is 1. The molecule has 0 amide bonds. The number of hydrogen-bond donors (Lipinski definition) is 0. The molecule has 1 rings (SSSR count). The Kier molecular flexibility index (Phi) is 3.96. The monoisotopic (exact) mass is 183 g/mol. The second kappa shape index (κ2) is 5.02. The fraction of sp³-hybridized carbons (Fsp3) is 0.700. The predicted molar refractivity (Wildman–Crippen MR) is 51.4 cm³/mol. The number of nitrogens with zero attached hydrogens (tertiary/aromatic N) is 1. The number of carbonyl (C=O) groups is 1. The first-order valence-corrected chi connectivity index (χ1v) is 4.70. The summed E-state index contributed by atoms with van der Waals surface area (Å²) in [6, 6.07) is 0. The van der Waals surface area contributed by atoms with E-state index in [0.717, 1.165) is 19.5 Å². The van der Waals surface area contributed by atoms with E-state index in [1.54, 1.807) is 6.08 Å². The Balaban J connectivity index is 2.16. The van der Waals surface area contributed by atoms with Crippen LogP contribution in [0.3, 0.4) is 0 Å². The molecule has 74 valence electrons. The number of hydrogen-bond acceptors (Lipinski definition) is 3. The van der Waals surface area contributed by atoms with Crippen LogP contribution in [0.2, 0.25) is 0 Å². The largest absolute Gasteiger partial charge is 0.462 e. The van der Waals surface area contributed by atoms with Crippen molar-refractivity contribution < 1.29 is 9.53 Å². The van der Waals surface area contributed by atoms with Crippen LogP contribution in [0.5, 0.6) is 0 Å². The maximum atomic E-state index is 11.0. The molecule has 0 spiro atoms. The van der Waals surface area contributed by atoms with Crippen molar-refractivity contribution >= 4 is 5.97 Å². The van der Waals surface area contributed by atoms with E-state index in [-0.39, 0.29) is 5.97 Å². The molecule has 1 aliphatic rings. The standard InChI is InChI=1S/C10H17NO2/c1-3-4-10(12)13-8-9-5-6-11(2)7-9/h3-4,9H,5-8H2,1-2H3. The van der Waals surface area contributed by atoms with Crippen molar-refractivity contribution in [2.75, 3.05) is 26.7 Å². The van der Waals surface area contributed by atoms with E-state index in [0.29, 0.717) is 12.5 Å². The van der Waals surface area contributed by atoms with Crippen LogP contribution in [0.1, 0.15) is 13.3 Å². The van der Waals surface area contributed by atoms with Crippen molar-refractivity contribution in [3.63, 3.8) is 0 Å². The normalized spacial score (nSPS) is 24.0. The molecule has 1 heterocycles. The molecule has 0 aliphatic carbocycles. The van der Waals surface area contributed by atoms with Crippen LogP contribution in [0.15, 0.2) is 12.2 Å². The van der Waals surface area contributed by atoms with Gasteiger partial charge < -0.3 is 9.64 Å². The highest BCUT2D eigenvalue weighted by Crippen LogP contribution is 2.14. The Hall–Kier alpha value is -0.830. The minimum atomic E-state index is -0.225. The Labute approximate surface area is 79.4 Å². The van der Waals surface area contributed by atoms with Gasteiger partial charge in [-0.05, 0) is 26.9 Å². The van der Waals surface area contributed by atoms with Gasteiger partial charge in [-0.15, -0.1) is 0 Å². The molecule has 3 heteroatoms. The maximum Gasteiger partial charge on any atom is 0.330 e. The lowest BCUT2D eigenvalue weighted by atomic mass is 10.1. The van der Waals surface area contributed by atoms with Gasteiger partial charge in [0.25, 0.3) is 0 Å². The van der Waals surface area contributed by atoms with Crippen molar-refractivity contribution in [3.05, 3.63) is 12.2 Å². The Morgan fingerprint density at radius 2 is 2.46 bits per heavy atom. The molecule has 1 atom stereocenters. The summed E-state index contributed by atoms with van der Waals surface area (Å²) in [4.78, 5) is 13.2. The molecule has 1 unspecified atom stereocenters. The summed E-state index contributed by atoms with van der Waals surface area (Å²) in [5.41, 5.74) is 0. The summed E-state index contributed by atoms with van der Waals surface area (Å²) >= 11 is 0. The summed E-state index contributed by atoms with van der Waals surface area (Å²) < 4.78 is 5.06. The highest BCUT2D eigenvalue weighted by Gasteiger charge is 2.20. The predicted octanol–water partition coefficient (Wildman–Crippen LogP) is 1.06. The van der Waals surface area contributed by atoms with E-state index in [2.05, 4.69) is 11.9 Å². The topological polar surface area (TPSA) is 29.5 Å². The average Bonchev–Trinajstić information content (AvgIpc) is 2.49. The van der Waals surface area contributed by atoms with Gasteiger partial charge in [-0.2, -0.15) is 0 Å². The van der Waals surface area contributed by atoms with Gasteiger partial charge in [-0.25, -0.2) is 4.79 Å². The van der Waals surface area contributed by atoms with Gasteiger partial charge in [0.1, 0.15) is 0 Å². The molecule has 0 aromatic carbocycles. The third kappa shape index (κ3) is 3.59. The van der Waals surface area contributed by atoms with Crippen molar-refractivity contribution in [2.24, 2.45) is 5.92 Å². The van der Waals surface area contributed by atoms with Gasteiger partial charge in [0.2, 0.25) is 0 Å². The van der Waals surface area contributed by atoms with Crippen LogP contribution in [0, 0.1) is 5.92 Å². The maximum absolute atomic E-state index is 11.0. The second-order valence-corrected chi connectivity index (χ2v) is 3.55. The van der Waals surface area contributed by atoms with E-state index in [4.69, 9.17) is 4.74 Å². The lowest BCUT2D eigenvalue weighted by Gasteiger charge is -2.09. The Morgan fingerprint density at radius 3 is 3.00 bits per heavy atom. The number of carbonyl (C=O) groups excluding carboxylic acids is 1. The van der Waals surface area contributed by atoms with Gasteiger partial charge in [0.05, 0.1) is 6.61 Å². The van der Waals surface area contributed by atoms with E-state index in [1.165, 1.54) is 6.08 Å². The van der Waals surface area contributed by atoms with Gasteiger partial charge >= 0.3 is 5.97 Å². The minimum Gasteiger partial charge on any atom is -0.462 e. The number of esters is 1. The molecule has 0 saturated carbocycles. The zero-order chi connectivity index (χ0) is 9.68. The van der Waals surface area contributed by atoms with Gasteiger partial charge in [0.15, 0.2) is 0 Å². The van der Waals surface area contributed by atoms with Crippen LogP contribution in [-0.2, 0) is 9.53 Å². The molecule has 1 fully saturated rings. The first-order valence-electron chi connectivity index (χ1n) is 4.70. The van der Waals surface area contributed by atoms with Crippen molar-refractivity contribution in [3.8, 4) is 0 Å². The molecule has 3 nitrogen and oxygen atoms in total. The van der Waals surface area contributed by atoms with E-state index in [1.807, 2.05) is 6.92 Å². The zero-order valence-electron chi connectivity index (χ0n) is 8.32. The van der Waals surface area contributed by atoms with E-state index in [9.17, 15) is 4.79 Å².